The van der Waals surface area contributed by atoms with Gasteiger partial charge in [-0.2, -0.15) is 13.2 Å². The molecule has 0 spiro atoms. The van der Waals surface area contributed by atoms with Gasteiger partial charge in [0, 0.05) is 174 Å². The van der Waals surface area contributed by atoms with Crippen molar-refractivity contribution in [1.82, 2.24) is 55.1 Å². The maximum Gasteiger partial charge on any atom is 0.416 e. The number of nitrogens with zero attached hydrogens (tertiary/aromatic N) is 2. The quantitative estimate of drug-likeness (QED) is 0.0751. The van der Waals surface area contributed by atoms with E-state index in [2.05, 4.69) is 346 Å². The summed E-state index contributed by atoms with van der Waals surface area (Å²) >= 11 is 6.23. The number of aromatic amines is 8. The zero-order chi connectivity index (χ0) is 107. The van der Waals surface area contributed by atoms with E-state index in [0.717, 1.165) is 109 Å². The second-order valence-corrected chi connectivity index (χ2v) is 49.5. The topological polar surface area (TPSA) is 189 Å². The predicted molar refractivity (Wildman–Crippen MR) is 612 cm³/mol. The van der Waals surface area contributed by atoms with Crippen molar-refractivity contribution in [2.24, 2.45) is 5.92 Å². The van der Waals surface area contributed by atoms with E-state index >= 15 is 0 Å². The fraction of sp³-hybridized carbons (Fsp3) is 0.409. The van der Waals surface area contributed by atoms with Gasteiger partial charge in [0.25, 0.3) is 11.8 Å². The van der Waals surface area contributed by atoms with Gasteiger partial charge >= 0.3 is 6.18 Å². The molecule has 18 heteroatoms. The predicted octanol–water partition coefficient (Wildman–Crippen LogP) is 36.1. The highest BCUT2D eigenvalue weighted by atomic mass is 35.5. The maximum atomic E-state index is 13.7. The molecule has 0 aliphatic carbocycles. The smallest absolute Gasteiger partial charge is 0.361 e. The summed E-state index contributed by atoms with van der Waals surface area (Å²) in [6.07, 6.45) is 17.6. The molecule has 18 aromatic rings. The Morgan fingerprint density at radius 3 is 1.14 bits per heavy atom. The number of nitrogens with one attached hydrogen (secondary N) is 9. The number of carbonyl (C=O) groups excluding carboxylic acids is 2. The number of likely N-dealkylation sites (tertiary alicyclic amines) is 1. The molecule has 145 heavy (non-hydrogen) atoms. The van der Waals surface area contributed by atoms with Gasteiger partial charge in [0.05, 0.1) is 5.56 Å². The van der Waals surface area contributed by atoms with Gasteiger partial charge in [-0.15, -0.1) is 0 Å². The molecular formula is C127H162ClF4N11O2. The number of hydrogen-bond acceptors (Lipinski definition) is 3. The van der Waals surface area contributed by atoms with Crippen LogP contribution in [-0.4, -0.2) is 81.2 Å². The van der Waals surface area contributed by atoms with Crippen molar-refractivity contribution >= 4 is 121 Å². The minimum atomic E-state index is -4.31. The zero-order valence-corrected chi connectivity index (χ0v) is 93.4. The van der Waals surface area contributed by atoms with Gasteiger partial charge in [-0.3, -0.25) is 14.6 Å². The standard InChI is InChI=1S/C18H24N2O.C17H24N2O.C16H23N.C14H19N.C13H14F3N.C13H17N.C12H14ClN.C12H14FN.C12H13N/c1-18(2,3)15-12-16-13(7-8-19-16)11-14(15)17(21)20-9-5-4-6-10-20;1-11(2)10-19-16(20)13-8-12-6-7-18-15(12)9-14(13)17(3,4)5;1-15(2,3)12-9-11-7-8-17-14(11)10-13(12)16(4,5)6;1-5-10-8-11-6-7-15-13(11)9-12(10)14(2,3)4;1-12(2,3)9-7-11-8(4-5-17-11)6-10(9)13(14,15)16;1-9-8-14-11-7-5-6-10(12(9)11)13(2,3)4;2*1-12(2,3)9-7-11-8(4-5-14-11)6-10(9)13;1-9(2)12-7-10-5-3-4-6-11(10)8-13-12/h7-8,11-12,19H,4-6,9-10H2,1-3H3;6-9,11,18H,10H2,1-5H3,(H,19,20);7-10,17H,1-6H3;6-9,15H,5H2,1-4H3;4-7,17H,1-3H3;5-8,14H,1-4H3;2*4-7,14H,1-3H3;3-9H,1-2H3. The van der Waals surface area contributed by atoms with Gasteiger partial charge in [-0.25, -0.2) is 4.39 Å². The van der Waals surface area contributed by atoms with Crippen LogP contribution in [0.1, 0.15) is 340 Å². The molecule has 0 bridgehead atoms. The van der Waals surface area contributed by atoms with E-state index in [1.165, 1.54) is 106 Å². The molecule has 13 nitrogen and oxygen atoms in total. The number of benzene rings is 9. The van der Waals surface area contributed by atoms with E-state index in [1.807, 2.05) is 118 Å². The lowest BCUT2D eigenvalue weighted by Gasteiger charge is -2.30. The van der Waals surface area contributed by atoms with Crippen molar-refractivity contribution in [2.75, 3.05) is 19.6 Å². The second-order valence-electron chi connectivity index (χ2n) is 49.1. The number of piperidine rings is 1. The van der Waals surface area contributed by atoms with E-state index < -0.39 is 17.2 Å². The number of rotatable bonds is 6. The van der Waals surface area contributed by atoms with Crippen molar-refractivity contribution in [3.05, 3.63) is 326 Å². The number of amides is 2. The molecule has 1 saturated heterocycles. The lowest BCUT2D eigenvalue weighted by atomic mass is 9.75. The first-order valence-electron chi connectivity index (χ1n) is 51.6. The maximum absolute atomic E-state index is 13.7. The number of fused-ring (bicyclic) bond motifs is 9. The lowest BCUT2D eigenvalue weighted by molar-refractivity contribution is -0.138. The van der Waals surface area contributed by atoms with Crippen LogP contribution in [0.4, 0.5) is 17.6 Å². The number of carbonyl (C=O) groups is 2. The molecule has 1 aliphatic heterocycles. The van der Waals surface area contributed by atoms with E-state index in [9.17, 15) is 27.2 Å². The second kappa shape index (κ2) is 45.3. The highest BCUT2D eigenvalue weighted by Gasteiger charge is 2.38. The van der Waals surface area contributed by atoms with Gasteiger partial charge in [0.15, 0.2) is 0 Å². The van der Waals surface area contributed by atoms with Gasteiger partial charge in [-0.1, -0.05) is 270 Å². The van der Waals surface area contributed by atoms with Crippen LogP contribution >= 0.6 is 11.6 Å². The Hall–Kier alpha value is -12.3. The molecule has 1 fully saturated rings. The molecule has 0 saturated carbocycles. The van der Waals surface area contributed by atoms with Crippen LogP contribution in [0.3, 0.4) is 0 Å². The Morgan fingerprint density at radius 2 is 0.724 bits per heavy atom. The molecular weight excluding hydrogens is 1820 g/mol. The van der Waals surface area contributed by atoms with Crippen LogP contribution in [0.25, 0.3) is 98.0 Å². The van der Waals surface area contributed by atoms with Gasteiger partial charge in [0.2, 0.25) is 0 Å². The molecule has 0 unspecified atom stereocenters. The van der Waals surface area contributed by atoms with Crippen LogP contribution < -0.4 is 5.32 Å². The first-order valence-corrected chi connectivity index (χ1v) is 52.0. The number of H-pyrrole nitrogens is 8. The van der Waals surface area contributed by atoms with Crippen molar-refractivity contribution in [3.8, 4) is 0 Å². The summed E-state index contributed by atoms with van der Waals surface area (Å²) in [4.78, 5) is 57.4. The monoisotopic (exact) mass is 1980 g/mol. The number of aromatic nitrogens is 9. The third-order valence-corrected chi connectivity index (χ3v) is 27.0. The summed E-state index contributed by atoms with van der Waals surface area (Å²) in [5.41, 5.74) is 24.3. The normalized spacial score (nSPS) is 13.0. The first-order chi connectivity index (χ1) is 67.4. The number of aryl methyl sites for hydroxylation is 2. The van der Waals surface area contributed by atoms with Crippen LogP contribution in [-0.2, 0) is 61.3 Å². The molecule has 0 radical (unpaired) electrons. The minimum Gasteiger partial charge on any atom is -0.361 e. The van der Waals surface area contributed by atoms with E-state index in [-0.39, 0.29) is 61.0 Å². The summed E-state index contributed by atoms with van der Waals surface area (Å²) < 4.78 is 52.7. The number of hydrogen-bond donors (Lipinski definition) is 9. The minimum absolute atomic E-state index is 0.0201. The lowest BCUT2D eigenvalue weighted by Crippen LogP contribution is -2.36. The van der Waals surface area contributed by atoms with Crippen molar-refractivity contribution in [2.45, 2.75) is 315 Å². The van der Waals surface area contributed by atoms with Crippen LogP contribution in [0, 0.1) is 18.7 Å². The Kier molecular flexibility index (Phi) is 35.3. The summed E-state index contributed by atoms with van der Waals surface area (Å²) in [7, 11) is 0. The summed E-state index contributed by atoms with van der Waals surface area (Å²) in [6.45, 7) is 73.5. The largest absolute Gasteiger partial charge is 0.416 e. The number of pyridine rings is 1. The highest BCUT2D eigenvalue weighted by Crippen LogP contribution is 2.43. The fourth-order valence-electron chi connectivity index (χ4n) is 18.6. The van der Waals surface area contributed by atoms with Gasteiger partial charge in [0.1, 0.15) is 5.82 Å². The fourth-order valence-corrected chi connectivity index (χ4v) is 19.0. The zero-order valence-electron chi connectivity index (χ0n) is 92.6. The van der Waals surface area contributed by atoms with E-state index in [0.29, 0.717) is 29.3 Å². The molecule has 9 N–H and O–H groups in total. The molecule has 0 atom stereocenters. The average Bonchev–Trinajstić information content (AvgIpc) is 1.76. The molecule has 772 valence electrons. The third-order valence-electron chi connectivity index (χ3n) is 26.7. The first kappa shape index (κ1) is 113. The molecule has 9 aromatic heterocycles. The number of alkyl halides is 3. The van der Waals surface area contributed by atoms with Crippen LogP contribution in [0.2, 0.25) is 5.02 Å². The van der Waals surface area contributed by atoms with Crippen LogP contribution in [0.5, 0.6) is 0 Å². The highest BCUT2D eigenvalue weighted by molar-refractivity contribution is 6.32. The Balaban J connectivity index is 0.000000156. The molecule has 1 aliphatic rings. The van der Waals surface area contributed by atoms with Gasteiger partial charge < -0.3 is 50.1 Å². The van der Waals surface area contributed by atoms with Crippen molar-refractivity contribution in [1.29, 1.82) is 0 Å². The van der Waals surface area contributed by atoms with E-state index in [1.54, 1.807) is 45.2 Å². The summed E-state index contributed by atoms with van der Waals surface area (Å²) in [5, 5.41) is 15.3. The summed E-state index contributed by atoms with van der Waals surface area (Å²) in [5.74, 6) is 1.05. The summed E-state index contributed by atoms with van der Waals surface area (Å²) in [6, 6.07) is 58.9. The van der Waals surface area contributed by atoms with Gasteiger partial charge in [-0.05, 0) is 315 Å². The number of halogens is 5. The molecule has 10 heterocycles. The molecule has 2 amide bonds. The Labute approximate surface area is 864 Å². The Morgan fingerprint density at radius 1 is 0.366 bits per heavy atom. The average molecular weight is 1990 g/mol. The van der Waals surface area contributed by atoms with Crippen LogP contribution in [0.15, 0.2) is 232 Å². The Bertz CT molecular complexity index is 7130. The van der Waals surface area contributed by atoms with Crippen molar-refractivity contribution < 1.29 is 27.2 Å². The molecule has 19 rings (SSSR count). The van der Waals surface area contributed by atoms with Crippen molar-refractivity contribution in [3.63, 3.8) is 0 Å². The molecule has 9 aromatic carbocycles. The SMILES string of the molecule is CC(C)(C)c1cc2[nH]ccc2cc1C(=O)N1CCCCC1.CC(C)(C)c1cc2[nH]ccc2cc1C(F)(F)F.CC(C)(C)c1cc2[nH]ccc2cc1Cl.CC(C)(C)c1cc2[nH]ccc2cc1F.CC(C)(C)c1cc2cc[nH]c2cc1C(C)(C)C.CC(C)CNC(=O)c1cc2cc[nH]c2cc1C(C)(C)C.CC(C)c1cc2ccccc2cn1.CCc1cc2cc[nH]c2cc1C(C)(C)C.Cc1c[nH]c2cccc(C(C)(C)C)c12. The van der Waals surface area contributed by atoms with E-state index in [4.69, 9.17) is 11.6 Å². The third kappa shape index (κ3) is 29.1.